The number of benzene rings is 2. The first kappa shape index (κ1) is 17.7. The molecule has 0 spiro atoms. The van der Waals surface area contributed by atoms with Gasteiger partial charge >= 0.3 is 0 Å². The van der Waals surface area contributed by atoms with E-state index in [1.54, 1.807) is 0 Å². The maximum atomic E-state index is 12.3. The standard InChI is InChI=1S/C16H14ClN3O3S2/c1-11(12-5-3-2-4-6-12)23-15-8-7-13(9-14(15)17)25(21,22)20-16-18-10-19-24-16/h2-11H,1H3,(H,18,19,20)/t11-/m0/s1. The zero-order valence-electron chi connectivity index (χ0n) is 13.1. The lowest BCUT2D eigenvalue weighted by Crippen LogP contribution is -2.13. The van der Waals surface area contributed by atoms with Crippen LogP contribution in [-0.4, -0.2) is 17.8 Å². The Morgan fingerprint density at radius 3 is 2.60 bits per heavy atom. The van der Waals surface area contributed by atoms with Gasteiger partial charge in [0.2, 0.25) is 5.13 Å². The minimum absolute atomic E-state index is 0.0208. The van der Waals surface area contributed by atoms with E-state index in [0.717, 1.165) is 17.1 Å². The van der Waals surface area contributed by atoms with Gasteiger partial charge in [-0.1, -0.05) is 41.9 Å². The number of nitrogens with zero attached hydrogens (tertiary/aromatic N) is 2. The zero-order chi connectivity index (χ0) is 17.9. The van der Waals surface area contributed by atoms with E-state index in [-0.39, 0.29) is 21.2 Å². The van der Waals surface area contributed by atoms with Gasteiger partial charge in [0, 0.05) is 11.5 Å². The highest BCUT2D eigenvalue weighted by atomic mass is 35.5. The van der Waals surface area contributed by atoms with E-state index in [2.05, 4.69) is 14.1 Å². The second-order valence-electron chi connectivity index (χ2n) is 5.11. The molecule has 6 nitrogen and oxygen atoms in total. The van der Waals surface area contributed by atoms with Crippen LogP contribution in [0, 0.1) is 0 Å². The summed E-state index contributed by atoms with van der Waals surface area (Å²) in [6.45, 7) is 1.90. The predicted molar refractivity (Wildman–Crippen MR) is 97.7 cm³/mol. The van der Waals surface area contributed by atoms with Crippen molar-refractivity contribution in [1.82, 2.24) is 9.36 Å². The summed E-state index contributed by atoms with van der Waals surface area (Å²) in [6.07, 6.45) is 1.05. The van der Waals surface area contributed by atoms with Crippen LogP contribution >= 0.6 is 23.1 Å². The topological polar surface area (TPSA) is 81.2 Å². The van der Waals surface area contributed by atoms with E-state index in [1.165, 1.54) is 24.5 Å². The summed E-state index contributed by atoms with van der Waals surface area (Å²) >= 11 is 7.16. The molecular formula is C16H14ClN3O3S2. The van der Waals surface area contributed by atoms with Gasteiger partial charge in [0.05, 0.1) is 9.92 Å². The molecule has 130 valence electrons. The van der Waals surface area contributed by atoms with Crippen molar-refractivity contribution in [3.05, 3.63) is 65.4 Å². The molecule has 0 unspecified atom stereocenters. The van der Waals surface area contributed by atoms with Crippen LogP contribution < -0.4 is 9.46 Å². The average Bonchev–Trinajstić information content (AvgIpc) is 3.09. The number of sulfonamides is 1. The predicted octanol–water partition coefficient (Wildman–Crippen LogP) is 4.13. The number of nitrogens with one attached hydrogen (secondary N) is 1. The Bertz CT molecular complexity index is 948. The third-order valence-electron chi connectivity index (χ3n) is 3.37. The fraction of sp³-hybridized carbons (Fsp3) is 0.125. The van der Waals surface area contributed by atoms with Crippen molar-refractivity contribution in [3.63, 3.8) is 0 Å². The van der Waals surface area contributed by atoms with Crippen LogP contribution in [0.1, 0.15) is 18.6 Å². The number of anilines is 1. The minimum Gasteiger partial charge on any atom is -0.484 e. The number of halogens is 1. The molecule has 3 aromatic rings. The number of ether oxygens (including phenoxy) is 1. The minimum atomic E-state index is -3.79. The molecule has 0 radical (unpaired) electrons. The van der Waals surface area contributed by atoms with Crippen LogP contribution in [0.25, 0.3) is 0 Å². The molecule has 0 saturated heterocycles. The molecular weight excluding hydrogens is 382 g/mol. The summed E-state index contributed by atoms with van der Waals surface area (Å²) in [4.78, 5) is 3.82. The first-order valence-corrected chi connectivity index (χ1v) is 9.90. The Labute approximate surface area is 154 Å². The van der Waals surface area contributed by atoms with Gasteiger partial charge < -0.3 is 4.74 Å². The van der Waals surface area contributed by atoms with Gasteiger partial charge in [-0.3, -0.25) is 4.72 Å². The normalized spacial score (nSPS) is 12.6. The number of hydrogen-bond acceptors (Lipinski definition) is 6. The number of rotatable bonds is 6. The molecule has 0 aliphatic carbocycles. The van der Waals surface area contributed by atoms with Crippen LogP contribution in [0.15, 0.2) is 59.8 Å². The maximum absolute atomic E-state index is 12.3. The molecule has 1 atom stereocenters. The Morgan fingerprint density at radius 2 is 1.96 bits per heavy atom. The van der Waals surface area contributed by atoms with Crippen LogP contribution in [0.2, 0.25) is 5.02 Å². The van der Waals surface area contributed by atoms with Crippen molar-refractivity contribution in [2.45, 2.75) is 17.9 Å². The van der Waals surface area contributed by atoms with Gasteiger partial charge in [-0.05, 0) is 30.7 Å². The fourth-order valence-electron chi connectivity index (χ4n) is 2.12. The smallest absolute Gasteiger partial charge is 0.263 e. The van der Waals surface area contributed by atoms with E-state index >= 15 is 0 Å². The van der Waals surface area contributed by atoms with Crippen LogP contribution in [-0.2, 0) is 10.0 Å². The molecule has 1 aromatic heterocycles. The van der Waals surface area contributed by atoms with Gasteiger partial charge in [-0.15, -0.1) is 0 Å². The molecule has 0 bridgehead atoms. The van der Waals surface area contributed by atoms with E-state index in [4.69, 9.17) is 16.3 Å². The molecule has 1 heterocycles. The summed E-state index contributed by atoms with van der Waals surface area (Å²) in [5, 5.41) is 0.400. The van der Waals surface area contributed by atoms with Crippen molar-refractivity contribution < 1.29 is 13.2 Å². The summed E-state index contributed by atoms with van der Waals surface area (Å²) in [6, 6.07) is 14.0. The molecule has 0 amide bonds. The zero-order valence-corrected chi connectivity index (χ0v) is 15.5. The Hall–Kier alpha value is -2.16. The maximum Gasteiger partial charge on any atom is 0.263 e. The van der Waals surface area contributed by atoms with Gasteiger partial charge in [0.25, 0.3) is 10.0 Å². The highest BCUT2D eigenvalue weighted by molar-refractivity contribution is 7.93. The largest absolute Gasteiger partial charge is 0.484 e. The van der Waals surface area contributed by atoms with Crippen molar-refractivity contribution in [1.29, 1.82) is 0 Å². The third-order valence-corrected chi connectivity index (χ3v) is 5.71. The summed E-state index contributed by atoms with van der Waals surface area (Å²) in [5.41, 5.74) is 0.994. The molecule has 3 rings (SSSR count). The number of aromatic nitrogens is 2. The van der Waals surface area contributed by atoms with Crippen molar-refractivity contribution in [3.8, 4) is 5.75 Å². The van der Waals surface area contributed by atoms with Crippen molar-refractivity contribution in [2.24, 2.45) is 0 Å². The molecule has 2 aromatic carbocycles. The molecule has 1 N–H and O–H groups in total. The Morgan fingerprint density at radius 1 is 1.20 bits per heavy atom. The second kappa shape index (κ2) is 7.38. The Kier molecular flexibility index (Phi) is 5.22. The van der Waals surface area contributed by atoms with Gasteiger partial charge in [0.15, 0.2) is 0 Å². The lowest BCUT2D eigenvalue weighted by Gasteiger charge is -2.16. The van der Waals surface area contributed by atoms with E-state index < -0.39 is 10.0 Å². The van der Waals surface area contributed by atoms with Crippen LogP contribution in [0.4, 0.5) is 5.13 Å². The van der Waals surface area contributed by atoms with Crippen LogP contribution in [0.5, 0.6) is 5.75 Å². The first-order chi connectivity index (χ1) is 12.0. The van der Waals surface area contributed by atoms with E-state index in [0.29, 0.717) is 5.75 Å². The summed E-state index contributed by atoms with van der Waals surface area (Å²) in [7, 11) is -3.79. The highest BCUT2D eigenvalue weighted by Crippen LogP contribution is 2.31. The number of hydrogen-bond donors (Lipinski definition) is 1. The van der Waals surface area contributed by atoms with Crippen molar-refractivity contribution >= 4 is 38.3 Å². The molecule has 9 heteroatoms. The van der Waals surface area contributed by atoms with Gasteiger partial charge in [-0.25, -0.2) is 13.4 Å². The second-order valence-corrected chi connectivity index (χ2v) is 7.98. The first-order valence-electron chi connectivity index (χ1n) is 7.26. The average molecular weight is 396 g/mol. The van der Waals surface area contributed by atoms with Gasteiger partial charge in [0.1, 0.15) is 18.2 Å². The highest BCUT2D eigenvalue weighted by Gasteiger charge is 2.18. The molecule has 0 aliphatic heterocycles. The quantitative estimate of drug-likeness (QED) is 0.678. The molecule has 0 saturated carbocycles. The van der Waals surface area contributed by atoms with Crippen molar-refractivity contribution in [2.75, 3.05) is 4.72 Å². The monoisotopic (exact) mass is 395 g/mol. The Balaban J connectivity index is 1.79. The van der Waals surface area contributed by atoms with Gasteiger partial charge in [-0.2, -0.15) is 4.37 Å². The van der Waals surface area contributed by atoms with E-state index in [9.17, 15) is 8.42 Å². The molecule has 0 fully saturated rings. The SMILES string of the molecule is C[C@H](Oc1ccc(S(=O)(=O)Nc2ncns2)cc1Cl)c1ccccc1. The summed E-state index contributed by atoms with van der Waals surface area (Å²) < 4.78 is 36.6. The molecule has 0 aliphatic rings. The summed E-state index contributed by atoms with van der Waals surface area (Å²) in [5.74, 6) is 0.410. The third kappa shape index (κ3) is 4.28. The lowest BCUT2D eigenvalue weighted by molar-refractivity contribution is 0.227. The lowest BCUT2D eigenvalue weighted by atomic mass is 10.1. The van der Waals surface area contributed by atoms with Crippen LogP contribution in [0.3, 0.4) is 0 Å². The molecule has 25 heavy (non-hydrogen) atoms. The fourth-order valence-corrected chi connectivity index (χ4v) is 4.10. The van der Waals surface area contributed by atoms with E-state index in [1.807, 2.05) is 37.3 Å².